The van der Waals surface area contributed by atoms with Crippen molar-refractivity contribution in [2.24, 2.45) is 34.0 Å². The zero-order valence-corrected chi connectivity index (χ0v) is 11.5. The van der Waals surface area contributed by atoms with Gasteiger partial charge < -0.3 is 0 Å². The molecule has 0 aromatic heterocycles. The van der Waals surface area contributed by atoms with E-state index in [-0.39, 0.29) is 0 Å². The van der Waals surface area contributed by atoms with Crippen molar-refractivity contribution < 1.29 is 0 Å². The molecule has 20 heavy (non-hydrogen) atoms. The molecule has 3 aliphatic carbocycles. The molecule has 1 aromatic carbocycles. The molecular formula is C17H19N3. The summed E-state index contributed by atoms with van der Waals surface area (Å²) >= 11 is 0. The molecule has 2 saturated carbocycles. The van der Waals surface area contributed by atoms with Crippen LogP contribution in [0.15, 0.2) is 52.8 Å². The summed E-state index contributed by atoms with van der Waals surface area (Å²) in [5.41, 5.74) is 1.34. The van der Waals surface area contributed by atoms with E-state index in [2.05, 4.69) is 57.8 Å². The van der Waals surface area contributed by atoms with Crippen LogP contribution in [0.3, 0.4) is 0 Å². The molecule has 3 heteroatoms. The normalized spacial score (nSPS) is 43.3. The van der Waals surface area contributed by atoms with E-state index in [1.807, 2.05) is 0 Å². The molecule has 0 amide bonds. The molecule has 2 fully saturated rings. The number of fused-ring (bicyclic) bond motifs is 8. The summed E-state index contributed by atoms with van der Waals surface area (Å²) in [6.45, 7) is 0.913. The van der Waals surface area contributed by atoms with Crippen LogP contribution in [-0.2, 0) is 6.54 Å². The van der Waals surface area contributed by atoms with Gasteiger partial charge in [0.2, 0.25) is 0 Å². The predicted molar refractivity (Wildman–Crippen MR) is 76.8 cm³/mol. The summed E-state index contributed by atoms with van der Waals surface area (Å²) in [6, 6.07) is 11.7. The minimum atomic E-state index is 0.477. The molecule has 2 bridgehead atoms. The fourth-order valence-corrected chi connectivity index (χ4v) is 5.17. The minimum absolute atomic E-state index is 0.477. The molecule has 4 aliphatic rings. The Balaban J connectivity index is 1.42. The van der Waals surface area contributed by atoms with E-state index in [0.29, 0.717) is 12.1 Å². The lowest BCUT2D eigenvalue weighted by molar-refractivity contribution is 0.119. The lowest BCUT2D eigenvalue weighted by Gasteiger charge is -2.35. The van der Waals surface area contributed by atoms with E-state index in [1.165, 1.54) is 18.4 Å². The van der Waals surface area contributed by atoms with E-state index >= 15 is 0 Å². The highest BCUT2D eigenvalue weighted by Gasteiger charge is 2.61. The second kappa shape index (κ2) is 3.94. The van der Waals surface area contributed by atoms with Gasteiger partial charge in [-0.2, -0.15) is 5.11 Å². The first-order valence-corrected chi connectivity index (χ1v) is 7.80. The zero-order valence-electron chi connectivity index (χ0n) is 11.5. The first-order valence-electron chi connectivity index (χ1n) is 7.80. The summed E-state index contributed by atoms with van der Waals surface area (Å²) in [7, 11) is 0. The highest BCUT2D eigenvalue weighted by atomic mass is 15.6. The lowest BCUT2D eigenvalue weighted by Crippen LogP contribution is -2.44. The Bertz CT molecular complexity index is 579. The SMILES string of the molecule is C1=C[C@H]2[C@H](C1)[C@H]1C[C@@H]2[C@@H]2[C@H]1N=NN2Cc1ccccc1. The standard InChI is InChI=1S/C17H19N3/c1-2-5-11(6-3-1)10-20-17-15-9-14(16(17)18-19-20)12-7-4-8-13(12)15/h1-6,8,12-17H,7,9-10H2/t12-,13-,14+,15-,16-,17+/m0/s1. The summed E-state index contributed by atoms with van der Waals surface area (Å²) in [5.74, 6) is 3.25. The van der Waals surface area contributed by atoms with Gasteiger partial charge in [-0.3, -0.25) is 5.01 Å². The van der Waals surface area contributed by atoms with Crippen LogP contribution in [0.5, 0.6) is 0 Å². The smallest absolute Gasteiger partial charge is 0.0983 e. The molecule has 102 valence electrons. The van der Waals surface area contributed by atoms with Crippen LogP contribution in [0.4, 0.5) is 0 Å². The number of allylic oxidation sites excluding steroid dienone is 2. The van der Waals surface area contributed by atoms with Crippen molar-refractivity contribution in [2.45, 2.75) is 31.5 Å². The summed E-state index contributed by atoms with van der Waals surface area (Å²) in [6.07, 6.45) is 7.53. The Morgan fingerprint density at radius 3 is 2.90 bits per heavy atom. The number of benzene rings is 1. The molecule has 1 aliphatic heterocycles. The van der Waals surface area contributed by atoms with Crippen molar-refractivity contribution in [1.29, 1.82) is 0 Å². The van der Waals surface area contributed by atoms with Crippen molar-refractivity contribution in [2.75, 3.05) is 0 Å². The van der Waals surface area contributed by atoms with Crippen LogP contribution >= 0.6 is 0 Å². The van der Waals surface area contributed by atoms with Crippen LogP contribution in [0, 0.1) is 23.7 Å². The van der Waals surface area contributed by atoms with Crippen LogP contribution in [0.1, 0.15) is 18.4 Å². The predicted octanol–water partition coefficient (Wildman–Crippen LogP) is 3.45. The van der Waals surface area contributed by atoms with E-state index in [4.69, 9.17) is 0 Å². The molecule has 5 rings (SSSR count). The van der Waals surface area contributed by atoms with Crippen LogP contribution in [0.25, 0.3) is 0 Å². The molecule has 0 radical (unpaired) electrons. The van der Waals surface area contributed by atoms with Gasteiger partial charge in [-0.05, 0) is 42.1 Å². The van der Waals surface area contributed by atoms with E-state index in [1.54, 1.807) is 0 Å². The maximum absolute atomic E-state index is 4.64. The van der Waals surface area contributed by atoms with Crippen LogP contribution in [0.2, 0.25) is 0 Å². The largest absolute Gasteiger partial charge is 0.269 e. The van der Waals surface area contributed by atoms with Crippen molar-refractivity contribution >= 4 is 0 Å². The molecule has 0 spiro atoms. The van der Waals surface area contributed by atoms with Gasteiger partial charge in [0.15, 0.2) is 0 Å². The van der Waals surface area contributed by atoms with Crippen LogP contribution in [-0.4, -0.2) is 17.1 Å². The zero-order chi connectivity index (χ0) is 13.1. The van der Waals surface area contributed by atoms with Gasteiger partial charge in [-0.1, -0.05) is 47.7 Å². The fraction of sp³-hybridized carbons (Fsp3) is 0.529. The molecule has 1 aromatic rings. The molecule has 0 unspecified atom stereocenters. The fourth-order valence-electron chi connectivity index (χ4n) is 5.17. The van der Waals surface area contributed by atoms with Gasteiger partial charge in [0.05, 0.1) is 18.6 Å². The summed E-state index contributed by atoms with van der Waals surface area (Å²) < 4.78 is 0. The third kappa shape index (κ3) is 1.36. The second-order valence-corrected chi connectivity index (χ2v) is 6.74. The summed E-state index contributed by atoms with van der Waals surface area (Å²) in [5, 5.41) is 11.4. The van der Waals surface area contributed by atoms with Gasteiger partial charge in [-0.15, -0.1) is 0 Å². The molecular weight excluding hydrogens is 246 g/mol. The van der Waals surface area contributed by atoms with E-state index in [0.717, 1.165) is 30.2 Å². The topological polar surface area (TPSA) is 28.0 Å². The summed E-state index contributed by atoms with van der Waals surface area (Å²) in [4.78, 5) is 0. The third-order valence-corrected chi connectivity index (χ3v) is 5.91. The molecule has 0 saturated heterocycles. The van der Waals surface area contributed by atoms with Gasteiger partial charge in [0, 0.05) is 0 Å². The van der Waals surface area contributed by atoms with Gasteiger partial charge in [0.25, 0.3) is 0 Å². The molecule has 0 N–H and O–H groups in total. The highest BCUT2D eigenvalue weighted by Crippen LogP contribution is 2.60. The third-order valence-electron chi connectivity index (χ3n) is 5.91. The minimum Gasteiger partial charge on any atom is -0.269 e. The second-order valence-electron chi connectivity index (χ2n) is 6.74. The molecule has 1 heterocycles. The Kier molecular flexibility index (Phi) is 2.18. The Morgan fingerprint density at radius 1 is 1.10 bits per heavy atom. The first-order chi connectivity index (χ1) is 9.92. The quantitative estimate of drug-likeness (QED) is 0.753. The Labute approximate surface area is 119 Å². The van der Waals surface area contributed by atoms with Gasteiger partial charge >= 0.3 is 0 Å². The monoisotopic (exact) mass is 265 g/mol. The molecule has 6 atom stereocenters. The Hall–Kier alpha value is -1.64. The first kappa shape index (κ1) is 11.1. The van der Waals surface area contributed by atoms with Crippen molar-refractivity contribution in [1.82, 2.24) is 5.01 Å². The van der Waals surface area contributed by atoms with Crippen molar-refractivity contribution in [3.63, 3.8) is 0 Å². The van der Waals surface area contributed by atoms with E-state index in [9.17, 15) is 0 Å². The lowest BCUT2D eigenvalue weighted by atomic mass is 9.76. The molecule has 3 nitrogen and oxygen atoms in total. The van der Waals surface area contributed by atoms with Crippen molar-refractivity contribution in [3.8, 4) is 0 Å². The Morgan fingerprint density at radius 2 is 2.00 bits per heavy atom. The number of nitrogens with zero attached hydrogens (tertiary/aromatic N) is 3. The van der Waals surface area contributed by atoms with Crippen molar-refractivity contribution in [3.05, 3.63) is 48.0 Å². The number of hydrogen-bond acceptors (Lipinski definition) is 3. The highest BCUT2D eigenvalue weighted by molar-refractivity contribution is 5.22. The van der Waals surface area contributed by atoms with Gasteiger partial charge in [-0.25, -0.2) is 0 Å². The maximum atomic E-state index is 4.64. The average Bonchev–Trinajstić information content (AvgIpc) is 3.18. The van der Waals surface area contributed by atoms with Gasteiger partial charge in [0.1, 0.15) is 0 Å². The van der Waals surface area contributed by atoms with E-state index < -0.39 is 0 Å². The number of hydrogen-bond donors (Lipinski definition) is 0. The maximum Gasteiger partial charge on any atom is 0.0983 e. The van der Waals surface area contributed by atoms with Crippen LogP contribution < -0.4 is 0 Å². The average molecular weight is 265 g/mol. The number of rotatable bonds is 2.